The van der Waals surface area contributed by atoms with Crippen molar-refractivity contribution in [3.63, 3.8) is 0 Å². The van der Waals surface area contributed by atoms with Gasteiger partial charge in [0.05, 0.1) is 11.5 Å². The Morgan fingerprint density at radius 1 is 1.43 bits per heavy atom. The summed E-state index contributed by atoms with van der Waals surface area (Å²) in [6, 6.07) is 3.91. The van der Waals surface area contributed by atoms with Crippen LogP contribution in [-0.2, 0) is 0 Å². The molecule has 0 aromatic carbocycles. The van der Waals surface area contributed by atoms with Gasteiger partial charge in [-0.2, -0.15) is 0 Å². The molecule has 1 heterocycles. The minimum Gasteiger partial charge on any atom is -0.468 e. The fourth-order valence-corrected chi connectivity index (χ4v) is 2.34. The van der Waals surface area contributed by atoms with Gasteiger partial charge in [0.1, 0.15) is 5.76 Å². The van der Waals surface area contributed by atoms with Crippen molar-refractivity contribution in [1.29, 1.82) is 0 Å². The minimum atomic E-state index is 0.294. The van der Waals surface area contributed by atoms with Gasteiger partial charge in [0.15, 0.2) is 0 Å². The summed E-state index contributed by atoms with van der Waals surface area (Å²) in [5.74, 6) is 1.66. The third-order valence-corrected chi connectivity index (χ3v) is 4.12. The van der Waals surface area contributed by atoms with E-state index in [0.717, 1.165) is 5.76 Å². The van der Waals surface area contributed by atoms with Gasteiger partial charge in [-0.3, -0.25) is 0 Å². The molecule has 80 valence electrons. The van der Waals surface area contributed by atoms with E-state index in [2.05, 4.69) is 20.8 Å². The Kier molecular flexibility index (Phi) is 4.55. The van der Waals surface area contributed by atoms with Crippen LogP contribution in [0.25, 0.3) is 0 Å². The normalized spacial score (nSPS) is 15.8. The number of rotatable bonds is 5. The molecular weight excluding hydrogens is 194 g/mol. The molecule has 0 fully saturated rings. The van der Waals surface area contributed by atoms with Gasteiger partial charge in [-0.05, 0) is 18.1 Å². The predicted octanol–water partition coefficient (Wildman–Crippen LogP) is 3.06. The zero-order valence-corrected chi connectivity index (χ0v) is 9.88. The highest BCUT2D eigenvalue weighted by molar-refractivity contribution is 8.00. The Bertz CT molecular complexity index is 246. The fraction of sp³-hybridized carbons (Fsp3) is 0.636. The summed E-state index contributed by atoms with van der Waals surface area (Å²) in [6.45, 7) is 7.33. The Labute approximate surface area is 90.2 Å². The highest BCUT2D eigenvalue weighted by Gasteiger charge is 2.18. The maximum absolute atomic E-state index is 5.73. The number of hydrogen-bond acceptors (Lipinski definition) is 3. The Morgan fingerprint density at radius 2 is 2.14 bits per heavy atom. The van der Waals surface area contributed by atoms with E-state index in [0.29, 0.717) is 23.0 Å². The molecule has 0 radical (unpaired) electrons. The van der Waals surface area contributed by atoms with E-state index in [1.165, 1.54) is 0 Å². The first-order valence-electron chi connectivity index (χ1n) is 5.04. The first-order chi connectivity index (χ1) is 6.65. The van der Waals surface area contributed by atoms with Gasteiger partial charge < -0.3 is 10.2 Å². The van der Waals surface area contributed by atoms with Crippen LogP contribution < -0.4 is 5.73 Å². The molecule has 2 atom stereocenters. The molecule has 3 heteroatoms. The highest BCUT2D eigenvalue weighted by Crippen LogP contribution is 2.34. The van der Waals surface area contributed by atoms with Gasteiger partial charge in [0.2, 0.25) is 0 Å². The summed E-state index contributed by atoms with van der Waals surface area (Å²) in [5, 5.41) is 0.899. The summed E-state index contributed by atoms with van der Waals surface area (Å²) in [6.07, 6.45) is 1.71. The van der Waals surface area contributed by atoms with Crippen LogP contribution in [0.15, 0.2) is 22.8 Å². The zero-order chi connectivity index (χ0) is 10.6. The van der Waals surface area contributed by atoms with Crippen LogP contribution in [0.2, 0.25) is 0 Å². The van der Waals surface area contributed by atoms with Gasteiger partial charge >= 0.3 is 0 Å². The summed E-state index contributed by atoms with van der Waals surface area (Å²) in [4.78, 5) is 0. The van der Waals surface area contributed by atoms with E-state index < -0.39 is 0 Å². The molecule has 2 N–H and O–H groups in total. The second-order valence-corrected chi connectivity index (χ2v) is 5.41. The molecule has 0 saturated carbocycles. The van der Waals surface area contributed by atoms with Crippen LogP contribution in [0.4, 0.5) is 0 Å². The molecule has 0 saturated heterocycles. The van der Waals surface area contributed by atoms with Crippen molar-refractivity contribution >= 4 is 11.8 Å². The fourth-order valence-electron chi connectivity index (χ4n) is 1.13. The lowest BCUT2D eigenvalue weighted by molar-refractivity contribution is 0.505. The second kappa shape index (κ2) is 5.47. The van der Waals surface area contributed by atoms with Crippen molar-refractivity contribution in [3.05, 3.63) is 24.2 Å². The lowest BCUT2D eigenvalue weighted by Crippen LogP contribution is -2.15. The summed E-state index contributed by atoms with van der Waals surface area (Å²) in [7, 11) is 0. The molecule has 0 aliphatic rings. The maximum atomic E-state index is 5.73. The van der Waals surface area contributed by atoms with Crippen LogP contribution in [0, 0.1) is 5.92 Å². The van der Waals surface area contributed by atoms with Crippen LogP contribution in [0.1, 0.15) is 31.8 Å². The Balaban J connectivity index is 2.56. The van der Waals surface area contributed by atoms with Gasteiger partial charge in [0, 0.05) is 11.8 Å². The SMILES string of the molecule is CC(C)C(C)SC(CN)c1ccco1. The highest BCUT2D eigenvalue weighted by atomic mass is 32.2. The van der Waals surface area contributed by atoms with Crippen molar-refractivity contribution in [2.24, 2.45) is 11.7 Å². The monoisotopic (exact) mass is 213 g/mol. The van der Waals surface area contributed by atoms with Crippen LogP contribution in [0.5, 0.6) is 0 Å². The number of furan rings is 1. The maximum Gasteiger partial charge on any atom is 0.118 e. The van der Waals surface area contributed by atoms with Crippen LogP contribution in [-0.4, -0.2) is 11.8 Å². The van der Waals surface area contributed by atoms with Crippen LogP contribution >= 0.6 is 11.8 Å². The summed E-state index contributed by atoms with van der Waals surface area (Å²) in [5.41, 5.74) is 5.73. The Morgan fingerprint density at radius 3 is 2.57 bits per heavy atom. The van der Waals surface area contributed by atoms with E-state index in [-0.39, 0.29) is 0 Å². The van der Waals surface area contributed by atoms with E-state index in [4.69, 9.17) is 10.2 Å². The van der Waals surface area contributed by atoms with Crippen molar-refractivity contribution in [1.82, 2.24) is 0 Å². The number of nitrogens with two attached hydrogens (primary N) is 1. The summed E-state index contributed by atoms with van der Waals surface area (Å²) >= 11 is 1.89. The molecule has 0 aliphatic heterocycles. The first-order valence-corrected chi connectivity index (χ1v) is 5.98. The third-order valence-electron chi connectivity index (χ3n) is 2.39. The molecule has 0 spiro atoms. The molecule has 14 heavy (non-hydrogen) atoms. The van der Waals surface area contributed by atoms with E-state index in [1.54, 1.807) is 6.26 Å². The molecule has 1 aromatic rings. The quantitative estimate of drug-likeness (QED) is 0.817. The standard InChI is InChI=1S/C11H19NOS/c1-8(2)9(3)14-11(7-12)10-5-4-6-13-10/h4-6,8-9,11H,7,12H2,1-3H3. The topological polar surface area (TPSA) is 39.2 Å². The van der Waals surface area contributed by atoms with Crippen molar-refractivity contribution < 1.29 is 4.42 Å². The predicted molar refractivity (Wildman–Crippen MR) is 62.4 cm³/mol. The molecule has 1 aromatic heterocycles. The van der Waals surface area contributed by atoms with Gasteiger partial charge in [-0.15, -0.1) is 11.8 Å². The summed E-state index contributed by atoms with van der Waals surface area (Å²) < 4.78 is 5.37. The average Bonchev–Trinajstić information content (AvgIpc) is 2.66. The number of thioether (sulfide) groups is 1. The van der Waals surface area contributed by atoms with Crippen molar-refractivity contribution in [3.8, 4) is 0 Å². The Hall–Kier alpha value is -0.410. The van der Waals surface area contributed by atoms with E-state index in [1.807, 2.05) is 23.9 Å². The molecule has 0 bridgehead atoms. The third kappa shape index (κ3) is 3.07. The molecule has 2 unspecified atom stereocenters. The molecule has 0 amide bonds. The largest absolute Gasteiger partial charge is 0.468 e. The van der Waals surface area contributed by atoms with Gasteiger partial charge in [-0.25, -0.2) is 0 Å². The minimum absolute atomic E-state index is 0.294. The molecular formula is C11H19NOS. The molecule has 0 aliphatic carbocycles. The number of hydrogen-bond donors (Lipinski definition) is 1. The first kappa shape index (κ1) is 11.7. The van der Waals surface area contributed by atoms with E-state index in [9.17, 15) is 0 Å². The van der Waals surface area contributed by atoms with Crippen molar-refractivity contribution in [2.75, 3.05) is 6.54 Å². The van der Waals surface area contributed by atoms with E-state index >= 15 is 0 Å². The zero-order valence-electron chi connectivity index (χ0n) is 9.07. The second-order valence-electron chi connectivity index (χ2n) is 3.82. The van der Waals surface area contributed by atoms with Crippen LogP contribution in [0.3, 0.4) is 0 Å². The van der Waals surface area contributed by atoms with Gasteiger partial charge in [0.25, 0.3) is 0 Å². The lowest BCUT2D eigenvalue weighted by Gasteiger charge is -2.20. The smallest absolute Gasteiger partial charge is 0.118 e. The molecule has 2 nitrogen and oxygen atoms in total. The lowest BCUT2D eigenvalue weighted by atomic mass is 10.2. The van der Waals surface area contributed by atoms with Crippen molar-refractivity contribution in [2.45, 2.75) is 31.3 Å². The van der Waals surface area contributed by atoms with Gasteiger partial charge in [-0.1, -0.05) is 20.8 Å². The molecule has 1 rings (SSSR count). The average molecular weight is 213 g/mol.